The summed E-state index contributed by atoms with van der Waals surface area (Å²) in [5.41, 5.74) is 26.2. The smallest absolute Gasteiger partial charge is 0.201 e. The SMILES string of the molecule is Cc1cc[n+](C)c(-c2cc(-c3ccccc3)c([Si](C)(C)C)cc2C)c1.[2H]C([2H])([2H])c1c[n+](C)c(-c2cc(-c3ccccc3)c([Si](C)(C)C)cc2C)cc1C.[2H]C([2H])([2H])c1ccc(-c2cc(-c3ccccc3)c([Si](C)(C)C)cc2C)[n+](C)c1.[2H]C([2H])(c1cc(-c2cc(-c3ccccc3)c([Si](C)(C)C)cc2C)[n+](C)cc1C([2H])([2H])C(C)(C)C)C(C)(C)C. The third-order valence-corrected chi connectivity index (χ3v) is 28.5. The van der Waals surface area contributed by atoms with Gasteiger partial charge in [-0.1, -0.05) is 286 Å². The van der Waals surface area contributed by atoms with Crippen LogP contribution >= 0.6 is 0 Å². The fourth-order valence-electron chi connectivity index (χ4n) is 14.6. The van der Waals surface area contributed by atoms with Crippen molar-refractivity contribution in [1.29, 1.82) is 0 Å². The van der Waals surface area contributed by atoms with Crippen LogP contribution in [0.5, 0.6) is 0 Å². The zero-order valence-electron chi connectivity index (χ0n) is 81.7. The number of aromatic nitrogens is 4. The van der Waals surface area contributed by atoms with Crippen molar-refractivity contribution in [3.05, 3.63) is 287 Å². The zero-order valence-corrected chi connectivity index (χ0v) is 75.7. The molecule has 572 valence electrons. The van der Waals surface area contributed by atoms with Crippen molar-refractivity contribution >= 4 is 53.0 Å². The van der Waals surface area contributed by atoms with Crippen LogP contribution < -0.4 is 39.0 Å². The molecule has 0 spiro atoms. The Balaban J connectivity index is 0.000000184. The molecule has 0 amide bonds. The third kappa shape index (κ3) is 21.5. The molecule has 0 fully saturated rings. The Morgan fingerprint density at radius 2 is 0.600 bits per heavy atom. The molecule has 0 aliphatic rings. The van der Waals surface area contributed by atoms with E-state index in [1.807, 2.05) is 126 Å². The van der Waals surface area contributed by atoms with Gasteiger partial charge in [0.2, 0.25) is 22.8 Å². The zero-order chi connectivity index (χ0) is 89.5. The Labute approximate surface area is 684 Å². The van der Waals surface area contributed by atoms with Crippen molar-refractivity contribution in [1.82, 2.24) is 0 Å². The van der Waals surface area contributed by atoms with Gasteiger partial charge in [-0.05, 0) is 193 Å². The molecule has 12 rings (SSSR count). The Morgan fingerprint density at radius 3 is 0.927 bits per heavy atom. The van der Waals surface area contributed by atoms with E-state index in [-0.39, 0.29) is 0 Å². The van der Waals surface area contributed by atoms with Crippen LogP contribution in [0.3, 0.4) is 0 Å². The maximum absolute atomic E-state index is 9.22. The first-order chi connectivity index (χ1) is 55.2. The summed E-state index contributed by atoms with van der Waals surface area (Å²) < 4.78 is 91.0. The first-order valence-electron chi connectivity index (χ1n) is 44.1. The van der Waals surface area contributed by atoms with E-state index < -0.39 is 69.6 Å². The van der Waals surface area contributed by atoms with E-state index in [1.54, 1.807) is 18.5 Å². The van der Waals surface area contributed by atoms with Gasteiger partial charge in [-0.2, -0.15) is 0 Å². The van der Waals surface area contributed by atoms with E-state index in [9.17, 15) is 2.74 Å². The highest BCUT2D eigenvalue weighted by atomic mass is 28.3. The minimum atomic E-state index is -2.10. The Hall–Kier alpha value is -8.77. The maximum Gasteiger partial charge on any atom is 0.212 e. The van der Waals surface area contributed by atoms with Gasteiger partial charge >= 0.3 is 0 Å². The quantitative estimate of drug-likeness (QED) is 0.0762. The first kappa shape index (κ1) is 71.5. The highest BCUT2D eigenvalue weighted by molar-refractivity contribution is 6.91. The molecular weight excluding hydrogens is 1390 g/mol. The van der Waals surface area contributed by atoms with Crippen molar-refractivity contribution in [3.8, 4) is 89.5 Å². The summed E-state index contributed by atoms with van der Waals surface area (Å²) >= 11 is 0. The predicted molar refractivity (Wildman–Crippen MR) is 490 cm³/mol. The van der Waals surface area contributed by atoms with Gasteiger partial charge in [0.15, 0.2) is 24.8 Å². The van der Waals surface area contributed by atoms with Gasteiger partial charge in [0.1, 0.15) is 28.2 Å². The van der Waals surface area contributed by atoms with E-state index in [0.717, 1.165) is 44.9 Å². The van der Waals surface area contributed by atoms with Crippen molar-refractivity contribution in [2.45, 2.75) is 188 Å². The lowest BCUT2D eigenvalue weighted by Crippen LogP contribution is -2.39. The number of rotatable bonds is 14. The minimum Gasteiger partial charge on any atom is -0.201 e. The summed E-state index contributed by atoms with van der Waals surface area (Å²) in [6.45, 7) is 48.5. The van der Waals surface area contributed by atoms with Gasteiger partial charge < -0.3 is 0 Å². The molecule has 4 aromatic heterocycles. The molecule has 110 heavy (non-hydrogen) atoms. The number of benzene rings is 8. The lowest BCUT2D eigenvalue weighted by molar-refractivity contribution is -0.661. The van der Waals surface area contributed by atoms with Gasteiger partial charge in [0, 0.05) is 83.0 Å². The lowest BCUT2D eigenvalue weighted by atomic mass is 9.81. The van der Waals surface area contributed by atoms with E-state index >= 15 is 0 Å². The number of hydrogen-bond acceptors (Lipinski definition) is 0. The van der Waals surface area contributed by atoms with Gasteiger partial charge in [-0.3, -0.25) is 0 Å². The van der Waals surface area contributed by atoms with Crippen LogP contribution in [0.4, 0.5) is 0 Å². The van der Waals surface area contributed by atoms with Crippen LogP contribution in [0.2, 0.25) is 78.6 Å². The van der Waals surface area contributed by atoms with Crippen LogP contribution in [0.15, 0.2) is 231 Å². The maximum atomic E-state index is 9.22. The summed E-state index contributed by atoms with van der Waals surface area (Å²) in [6, 6.07) is 73.1. The molecule has 0 bridgehead atoms. The molecule has 8 aromatic carbocycles. The molecule has 12 aromatic rings. The third-order valence-electron chi connectivity index (χ3n) is 20.3. The molecule has 0 aliphatic heterocycles. The second kappa shape index (κ2) is 34.5. The number of nitrogens with zero attached hydrogens (tertiary/aromatic N) is 4. The van der Waals surface area contributed by atoms with Crippen molar-refractivity contribution in [3.63, 3.8) is 0 Å². The van der Waals surface area contributed by atoms with Crippen LogP contribution in [0.25, 0.3) is 89.5 Å². The predicted octanol–water partition coefficient (Wildman–Crippen LogP) is 23.2. The summed E-state index contributed by atoms with van der Waals surface area (Å²) in [7, 11) is 1.70. The lowest BCUT2D eigenvalue weighted by Gasteiger charge is -2.25. The minimum absolute atomic E-state index is 0.360. The van der Waals surface area contributed by atoms with Gasteiger partial charge in [0.05, 0.1) is 32.3 Å². The standard InChI is InChI=1S/C32H46NSi.C24H30NSi.2C23H28NSi/c1-23-17-30(34(9,10)11)28(24-15-13-12-14-16-24)19-27(23)29-18-25(20-31(2,3)4)26(22-33(29)8)21-32(5,6)7;1-17-13-23(25(4)16-19(17)3)21-15-22(20-11-9-8-10-12-20)24(14-18(21)2)26(5,6)7;1-17-12-13-22(24(3)16-17)20-15-21(19-10-8-7-9-11-19)23(14-18(20)2)25(4,5)6;1-17-12-13-24(3)22(14-17)20-16-21(19-10-8-7-9-11-19)23(15-18(20)2)25(4,5)6/h12-19,22H,20-21H2,1-11H3;8-16H,1-7H3;2*7-16H,1-6H3/q4*+1/i20D2,21D2;3D3;1D3;. The molecule has 0 N–H and O–H groups in total. The van der Waals surface area contributed by atoms with E-state index in [2.05, 4.69) is 295 Å². The molecule has 0 saturated heterocycles. The average Bonchev–Trinajstić information content (AvgIpc) is 0.731. The molecule has 0 radical (unpaired) electrons. The van der Waals surface area contributed by atoms with Gasteiger partial charge in [-0.25, -0.2) is 18.3 Å². The topological polar surface area (TPSA) is 15.5 Å². The molecular formula is C102H132N4Si4+4. The normalized spacial score (nSPS) is 13.8. The summed E-state index contributed by atoms with van der Waals surface area (Å²) in [5.74, 6) is 0. The Bertz CT molecular complexity index is 5680. The van der Waals surface area contributed by atoms with Gasteiger partial charge in [-0.15, -0.1) is 0 Å². The number of pyridine rings is 4. The van der Waals surface area contributed by atoms with Gasteiger partial charge in [0.25, 0.3) is 0 Å². The highest BCUT2D eigenvalue weighted by Crippen LogP contribution is 2.36. The van der Waals surface area contributed by atoms with E-state index in [1.165, 1.54) is 98.8 Å². The van der Waals surface area contributed by atoms with Crippen molar-refractivity contribution in [2.75, 3.05) is 0 Å². The first-order valence-corrected chi connectivity index (χ1v) is 53.1. The van der Waals surface area contributed by atoms with E-state index in [0.29, 0.717) is 22.3 Å². The molecule has 0 unspecified atom stereocenters. The largest absolute Gasteiger partial charge is 0.212 e. The second-order valence-corrected chi connectivity index (χ2v) is 56.8. The van der Waals surface area contributed by atoms with Crippen LogP contribution in [0.1, 0.15) is 111 Å². The Kier molecular flexibility index (Phi) is 22.4. The number of aryl methyl sites for hydroxylation is 12. The molecule has 4 heterocycles. The highest BCUT2D eigenvalue weighted by Gasteiger charge is 2.31. The number of hydrogen-bond donors (Lipinski definition) is 0. The molecule has 8 heteroatoms. The van der Waals surface area contributed by atoms with Crippen molar-refractivity contribution in [2.24, 2.45) is 39.0 Å². The summed E-state index contributed by atoms with van der Waals surface area (Å²) in [6.07, 6.45) is 3.97. The fourth-order valence-corrected chi connectivity index (χ4v) is 21.3. The fraction of sp³-hybridized carbons (Fsp3) is 0.333. The second-order valence-electron chi connectivity index (χ2n) is 36.6. The summed E-state index contributed by atoms with van der Waals surface area (Å²) in [5, 5.41) is 5.83. The van der Waals surface area contributed by atoms with Crippen LogP contribution in [-0.2, 0) is 40.9 Å². The van der Waals surface area contributed by atoms with Crippen LogP contribution in [-0.4, -0.2) is 32.3 Å². The molecule has 0 saturated carbocycles. The molecule has 0 atom stereocenters. The monoisotopic (exact) mass is 1540 g/mol. The van der Waals surface area contributed by atoms with Crippen molar-refractivity contribution < 1.29 is 32.0 Å². The molecule has 4 nitrogen and oxygen atoms in total. The molecule has 0 aliphatic carbocycles. The van der Waals surface area contributed by atoms with E-state index in [4.69, 9.17) is 11.0 Å². The summed E-state index contributed by atoms with van der Waals surface area (Å²) in [4.78, 5) is 0. The van der Waals surface area contributed by atoms with Crippen LogP contribution in [0, 0.1) is 66.1 Å². The average molecular weight is 1540 g/mol. The Morgan fingerprint density at radius 1 is 0.282 bits per heavy atom.